The van der Waals surface area contributed by atoms with E-state index in [1.54, 1.807) is 6.07 Å². The van der Waals surface area contributed by atoms with Crippen LogP contribution in [0.1, 0.15) is 47.5 Å². The molecule has 1 aromatic carbocycles. The zero-order valence-corrected chi connectivity index (χ0v) is 14.2. The van der Waals surface area contributed by atoms with Crippen LogP contribution >= 0.6 is 0 Å². The molecule has 0 aliphatic heterocycles. The molecule has 1 aliphatic carbocycles. The zero-order valence-electron chi connectivity index (χ0n) is 14.2. The molecule has 3 heteroatoms. The lowest BCUT2D eigenvalue weighted by Gasteiger charge is -2.25. The molecular weight excluding hydrogens is 263 g/mol. The van der Waals surface area contributed by atoms with Crippen LogP contribution in [0.5, 0.6) is 0 Å². The number of halogens is 1. The van der Waals surface area contributed by atoms with Gasteiger partial charge < -0.3 is 10.2 Å². The van der Waals surface area contributed by atoms with E-state index in [4.69, 9.17) is 0 Å². The molecule has 1 fully saturated rings. The van der Waals surface area contributed by atoms with Gasteiger partial charge in [0.2, 0.25) is 0 Å². The van der Waals surface area contributed by atoms with E-state index in [0.29, 0.717) is 23.1 Å². The largest absolute Gasteiger partial charge is 0.382 e. The first kappa shape index (κ1) is 16.1. The van der Waals surface area contributed by atoms with E-state index in [0.717, 1.165) is 12.1 Å². The highest BCUT2D eigenvalue weighted by atomic mass is 19.1. The lowest BCUT2D eigenvalue weighted by molar-refractivity contribution is 0.366. The minimum atomic E-state index is -0.152. The van der Waals surface area contributed by atoms with E-state index in [1.807, 2.05) is 24.1 Å². The van der Waals surface area contributed by atoms with Gasteiger partial charge in [0.25, 0.3) is 0 Å². The minimum absolute atomic E-state index is 0.152. The summed E-state index contributed by atoms with van der Waals surface area (Å²) in [6.45, 7) is 11.0. The molecule has 2 atom stereocenters. The fourth-order valence-corrected chi connectivity index (χ4v) is 3.46. The van der Waals surface area contributed by atoms with E-state index in [9.17, 15) is 4.39 Å². The van der Waals surface area contributed by atoms with E-state index < -0.39 is 0 Å². The summed E-state index contributed by atoms with van der Waals surface area (Å²) < 4.78 is 14.3. The van der Waals surface area contributed by atoms with Crippen LogP contribution in [0.15, 0.2) is 18.2 Å². The van der Waals surface area contributed by atoms with Crippen molar-refractivity contribution in [2.75, 3.05) is 17.3 Å². The van der Waals surface area contributed by atoms with Gasteiger partial charge in [-0.2, -0.15) is 0 Å². The van der Waals surface area contributed by atoms with Crippen molar-refractivity contribution >= 4 is 11.4 Å². The first-order valence-corrected chi connectivity index (χ1v) is 7.98. The Kier molecular flexibility index (Phi) is 4.50. The van der Waals surface area contributed by atoms with Gasteiger partial charge in [0.15, 0.2) is 0 Å². The van der Waals surface area contributed by atoms with E-state index in [-0.39, 0.29) is 11.9 Å². The summed E-state index contributed by atoms with van der Waals surface area (Å²) >= 11 is 0. The molecule has 2 rings (SSSR count). The van der Waals surface area contributed by atoms with Crippen molar-refractivity contribution in [2.45, 2.75) is 59.5 Å². The maximum atomic E-state index is 14.3. The maximum Gasteiger partial charge on any atom is 0.148 e. The molecule has 0 saturated heterocycles. The molecule has 0 radical (unpaired) electrons. The zero-order chi connectivity index (χ0) is 15.8. The molecule has 1 aromatic rings. The molecule has 0 aromatic heterocycles. The van der Waals surface area contributed by atoms with Gasteiger partial charge in [0.05, 0.1) is 5.69 Å². The molecule has 2 nitrogen and oxygen atoms in total. The van der Waals surface area contributed by atoms with Gasteiger partial charge in [-0.05, 0) is 56.2 Å². The summed E-state index contributed by atoms with van der Waals surface area (Å²) in [5, 5.41) is 3.52. The van der Waals surface area contributed by atoms with E-state index in [1.165, 1.54) is 6.42 Å². The fourth-order valence-electron chi connectivity index (χ4n) is 3.46. The molecule has 118 valence electrons. The molecule has 21 heavy (non-hydrogen) atoms. The lowest BCUT2D eigenvalue weighted by Crippen LogP contribution is -2.27. The second-order valence-electron chi connectivity index (χ2n) is 7.67. The summed E-state index contributed by atoms with van der Waals surface area (Å²) in [6.07, 6.45) is 2.37. The van der Waals surface area contributed by atoms with Gasteiger partial charge in [-0.1, -0.05) is 20.8 Å². The molecule has 0 amide bonds. The Morgan fingerprint density at radius 1 is 1.29 bits per heavy atom. The highest BCUT2D eigenvalue weighted by Crippen LogP contribution is 2.42. The number of nitrogens with one attached hydrogen (secondary N) is 1. The summed E-state index contributed by atoms with van der Waals surface area (Å²) in [5.41, 5.74) is 1.94. The third-order valence-electron chi connectivity index (χ3n) is 4.79. The van der Waals surface area contributed by atoms with Crippen molar-refractivity contribution in [3.05, 3.63) is 24.0 Å². The average Bonchev–Trinajstić information content (AvgIpc) is 2.61. The quantitative estimate of drug-likeness (QED) is 0.848. The number of nitrogens with zero attached hydrogens (tertiary/aromatic N) is 1. The monoisotopic (exact) mass is 292 g/mol. The second-order valence-corrected chi connectivity index (χ2v) is 7.67. The number of benzene rings is 1. The topological polar surface area (TPSA) is 15.3 Å². The first-order valence-electron chi connectivity index (χ1n) is 7.98. The number of rotatable bonds is 4. The molecule has 1 aliphatic rings. The molecule has 0 bridgehead atoms. The van der Waals surface area contributed by atoms with Crippen LogP contribution in [0, 0.1) is 17.2 Å². The van der Waals surface area contributed by atoms with Crippen molar-refractivity contribution in [2.24, 2.45) is 11.3 Å². The average molecular weight is 292 g/mol. The van der Waals surface area contributed by atoms with Crippen LogP contribution in [-0.2, 0) is 0 Å². The molecule has 0 spiro atoms. The molecule has 1 N–H and O–H groups in total. The Hall–Kier alpha value is -1.25. The Labute approximate surface area is 128 Å². The van der Waals surface area contributed by atoms with Crippen LogP contribution in [-0.4, -0.2) is 19.1 Å². The summed E-state index contributed by atoms with van der Waals surface area (Å²) in [7, 11) is 1.93. The third-order valence-corrected chi connectivity index (χ3v) is 4.79. The highest BCUT2D eigenvalue weighted by Gasteiger charge is 2.36. The van der Waals surface area contributed by atoms with Gasteiger partial charge in [0.1, 0.15) is 5.82 Å². The Morgan fingerprint density at radius 2 is 1.95 bits per heavy atom. The van der Waals surface area contributed by atoms with Crippen molar-refractivity contribution in [1.29, 1.82) is 0 Å². The highest BCUT2D eigenvalue weighted by molar-refractivity contribution is 5.56. The van der Waals surface area contributed by atoms with Crippen molar-refractivity contribution in [3.8, 4) is 0 Å². The smallest absolute Gasteiger partial charge is 0.148 e. The lowest BCUT2D eigenvalue weighted by atomic mass is 9.91. The molecule has 2 unspecified atom stereocenters. The Morgan fingerprint density at radius 3 is 2.43 bits per heavy atom. The van der Waals surface area contributed by atoms with Gasteiger partial charge in [-0.25, -0.2) is 4.39 Å². The standard InChI is InChI=1S/C18H29FN2/c1-12(2)21(6)17-8-7-14(9-15(17)19)20-16-11-18(4,5)10-13(16)3/h7-9,12-13,16,20H,10-11H2,1-6H3. The number of hydrogen-bond donors (Lipinski definition) is 1. The Bertz CT molecular complexity index is 496. The van der Waals surface area contributed by atoms with Crippen LogP contribution < -0.4 is 10.2 Å². The van der Waals surface area contributed by atoms with Gasteiger partial charge in [-0.15, -0.1) is 0 Å². The maximum absolute atomic E-state index is 14.3. The predicted octanol–water partition coefficient (Wildman–Crippen LogP) is 4.91. The van der Waals surface area contributed by atoms with E-state index in [2.05, 4.69) is 39.9 Å². The fraction of sp³-hybridized carbons (Fsp3) is 0.667. The van der Waals surface area contributed by atoms with Gasteiger partial charge >= 0.3 is 0 Å². The molecule has 0 heterocycles. The van der Waals surface area contributed by atoms with Crippen LogP contribution in [0.4, 0.5) is 15.8 Å². The van der Waals surface area contributed by atoms with Crippen LogP contribution in [0.2, 0.25) is 0 Å². The van der Waals surface area contributed by atoms with Gasteiger partial charge in [0, 0.05) is 24.8 Å². The second kappa shape index (κ2) is 5.86. The van der Waals surface area contributed by atoms with E-state index >= 15 is 0 Å². The Balaban J connectivity index is 2.11. The van der Waals surface area contributed by atoms with Crippen molar-refractivity contribution < 1.29 is 4.39 Å². The van der Waals surface area contributed by atoms with Gasteiger partial charge in [-0.3, -0.25) is 0 Å². The molecular formula is C18H29FN2. The van der Waals surface area contributed by atoms with Crippen LogP contribution in [0.3, 0.4) is 0 Å². The predicted molar refractivity (Wildman–Crippen MR) is 89.5 cm³/mol. The molecule has 1 saturated carbocycles. The SMILES string of the molecule is CC1CC(C)(C)CC1Nc1ccc(N(C)C(C)C)c(F)c1. The summed E-state index contributed by atoms with van der Waals surface area (Å²) in [4.78, 5) is 1.96. The van der Waals surface area contributed by atoms with Crippen LogP contribution in [0.25, 0.3) is 0 Å². The number of anilines is 2. The minimum Gasteiger partial charge on any atom is -0.382 e. The summed E-state index contributed by atoms with van der Waals surface area (Å²) in [5.74, 6) is 0.474. The van der Waals surface area contributed by atoms with Crippen molar-refractivity contribution in [1.82, 2.24) is 0 Å². The third kappa shape index (κ3) is 3.69. The first-order chi connectivity index (χ1) is 9.69. The summed E-state index contributed by atoms with van der Waals surface area (Å²) in [6, 6.07) is 6.23. The number of hydrogen-bond acceptors (Lipinski definition) is 2. The van der Waals surface area contributed by atoms with Crippen molar-refractivity contribution in [3.63, 3.8) is 0 Å². The normalized spacial score (nSPS) is 24.4.